The molecule has 1 radical (unpaired) electrons. The number of pyridine rings is 1. The van der Waals surface area contributed by atoms with Gasteiger partial charge in [-0.05, 0) is 45.1 Å². The number of rotatable bonds is 9. The summed E-state index contributed by atoms with van der Waals surface area (Å²) in [6.07, 6.45) is 4.09. The van der Waals surface area contributed by atoms with Gasteiger partial charge >= 0.3 is 12.1 Å². The van der Waals surface area contributed by atoms with Crippen molar-refractivity contribution < 1.29 is 19.4 Å². The summed E-state index contributed by atoms with van der Waals surface area (Å²) in [6.45, 7) is 6.82. The average Bonchev–Trinajstić information content (AvgIpc) is 3.08. The Bertz CT molecular complexity index is 808. The van der Waals surface area contributed by atoms with Crippen molar-refractivity contribution in [3.05, 3.63) is 36.3 Å². The van der Waals surface area contributed by atoms with Gasteiger partial charge in [-0.15, -0.1) is 0 Å². The third-order valence-corrected chi connectivity index (χ3v) is 4.56. The van der Waals surface area contributed by atoms with Crippen LogP contribution in [0.25, 0.3) is 11.3 Å². The van der Waals surface area contributed by atoms with E-state index in [4.69, 9.17) is 9.84 Å². The summed E-state index contributed by atoms with van der Waals surface area (Å²) < 4.78 is 7.00. The van der Waals surface area contributed by atoms with Crippen LogP contribution in [-0.4, -0.2) is 74.4 Å². The number of amides is 1. The number of nitrogens with one attached hydrogen (secondary N) is 1. The van der Waals surface area contributed by atoms with E-state index in [9.17, 15) is 9.59 Å². The number of hydrogen-bond acceptors (Lipinski definition) is 6. The normalized spacial score (nSPS) is 10.9. The van der Waals surface area contributed by atoms with Gasteiger partial charge in [0.2, 0.25) is 0 Å². The second-order valence-corrected chi connectivity index (χ2v) is 8.32. The van der Waals surface area contributed by atoms with Crippen molar-refractivity contribution in [3.8, 4) is 11.3 Å². The van der Waals surface area contributed by atoms with Crippen LogP contribution >= 0.6 is 11.8 Å². The summed E-state index contributed by atoms with van der Waals surface area (Å²) in [5.41, 5.74) is 0.914. The van der Waals surface area contributed by atoms with Gasteiger partial charge in [-0.25, -0.2) is 14.6 Å². The fourth-order valence-electron chi connectivity index (χ4n) is 2.30. The monoisotopic (exact) mass is 413 g/mol. The molecule has 0 aliphatic rings. The Balaban J connectivity index is 0.00000420. The SMILES string of the molecule is CC(C)(C)OC(=O)NCCSCCCn1cc(-c2cccc(C(=O)O)n2)cn1.[Li]. The van der Waals surface area contributed by atoms with E-state index in [1.165, 1.54) is 6.07 Å². The molecule has 8 nitrogen and oxygen atoms in total. The van der Waals surface area contributed by atoms with Crippen molar-refractivity contribution in [1.82, 2.24) is 20.1 Å². The molecule has 0 saturated carbocycles. The summed E-state index contributed by atoms with van der Waals surface area (Å²) in [4.78, 5) is 26.7. The van der Waals surface area contributed by atoms with Crippen molar-refractivity contribution in [1.29, 1.82) is 0 Å². The van der Waals surface area contributed by atoms with Gasteiger partial charge in [0.15, 0.2) is 0 Å². The maximum Gasteiger partial charge on any atom is 0.407 e. The third kappa shape index (κ3) is 9.39. The van der Waals surface area contributed by atoms with Gasteiger partial charge in [0, 0.05) is 49.5 Å². The quantitative estimate of drug-likeness (QED) is 0.481. The average molecular weight is 413 g/mol. The summed E-state index contributed by atoms with van der Waals surface area (Å²) in [5, 5.41) is 16.1. The Morgan fingerprint density at radius 3 is 2.72 bits per heavy atom. The number of carboxylic acids is 1. The largest absolute Gasteiger partial charge is 0.477 e. The molecule has 1 amide bonds. The van der Waals surface area contributed by atoms with Crippen LogP contribution < -0.4 is 5.32 Å². The first-order valence-corrected chi connectivity index (χ1v) is 10.2. The number of aryl methyl sites for hydroxylation is 1. The van der Waals surface area contributed by atoms with E-state index >= 15 is 0 Å². The number of carbonyl (C=O) groups excluding carboxylic acids is 1. The molecule has 2 aromatic heterocycles. The van der Waals surface area contributed by atoms with Crippen molar-refractivity contribution in [2.24, 2.45) is 0 Å². The molecule has 2 heterocycles. The minimum atomic E-state index is -1.05. The van der Waals surface area contributed by atoms with Crippen LogP contribution in [0, 0.1) is 0 Å². The zero-order valence-electron chi connectivity index (χ0n) is 17.3. The zero-order chi connectivity index (χ0) is 20.6. The number of thioether (sulfide) groups is 1. The van der Waals surface area contributed by atoms with Crippen LogP contribution in [0.4, 0.5) is 4.79 Å². The molecule has 29 heavy (non-hydrogen) atoms. The number of aromatic nitrogens is 3. The summed E-state index contributed by atoms with van der Waals surface area (Å²) in [7, 11) is 0. The molecule has 0 atom stereocenters. The number of nitrogens with zero attached hydrogens (tertiary/aromatic N) is 3. The Hall–Kier alpha value is -1.95. The van der Waals surface area contributed by atoms with Crippen LogP contribution in [0.3, 0.4) is 0 Å². The van der Waals surface area contributed by atoms with Crippen molar-refractivity contribution in [2.45, 2.75) is 39.3 Å². The molecule has 0 fully saturated rings. The van der Waals surface area contributed by atoms with Gasteiger partial charge in [-0.3, -0.25) is 4.68 Å². The molecule has 10 heteroatoms. The van der Waals surface area contributed by atoms with E-state index < -0.39 is 17.7 Å². The van der Waals surface area contributed by atoms with Gasteiger partial charge in [-0.1, -0.05) is 6.07 Å². The maximum atomic E-state index is 11.5. The number of carbonyl (C=O) groups is 2. The summed E-state index contributed by atoms with van der Waals surface area (Å²) in [5.74, 6) is 0.709. The Kier molecular flexibility index (Phi) is 10.3. The fraction of sp³-hybridized carbons (Fsp3) is 0.474. The molecule has 0 unspecified atom stereocenters. The molecule has 0 aromatic carbocycles. The number of aromatic carboxylic acids is 1. The van der Waals surface area contributed by atoms with E-state index in [0.717, 1.165) is 30.0 Å². The molecule has 153 valence electrons. The van der Waals surface area contributed by atoms with Crippen LogP contribution in [0.5, 0.6) is 0 Å². The van der Waals surface area contributed by atoms with Gasteiger partial charge in [0.25, 0.3) is 0 Å². The molecule has 0 aliphatic heterocycles. The minimum Gasteiger partial charge on any atom is -0.477 e. The molecular weight excluding hydrogens is 387 g/mol. The number of carboxylic acid groups (broad SMARTS) is 1. The first-order chi connectivity index (χ1) is 13.2. The predicted molar refractivity (Wildman–Crippen MR) is 114 cm³/mol. The predicted octanol–water partition coefficient (Wildman–Crippen LogP) is 2.91. The molecule has 0 aliphatic carbocycles. The van der Waals surface area contributed by atoms with Crippen molar-refractivity contribution in [3.63, 3.8) is 0 Å². The van der Waals surface area contributed by atoms with Crippen LogP contribution in [-0.2, 0) is 11.3 Å². The van der Waals surface area contributed by atoms with E-state index in [0.29, 0.717) is 12.2 Å². The maximum absolute atomic E-state index is 11.5. The summed E-state index contributed by atoms with van der Waals surface area (Å²) in [6, 6.07) is 4.90. The molecule has 0 spiro atoms. The minimum absolute atomic E-state index is 0. The molecular formula is C19H26LiN4O4S. The molecule has 2 rings (SSSR count). The fourth-order valence-corrected chi connectivity index (χ4v) is 3.09. The van der Waals surface area contributed by atoms with Crippen molar-refractivity contribution in [2.75, 3.05) is 18.1 Å². The first kappa shape index (κ1) is 25.1. The Morgan fingerprint density at radius 2 is 2.03 bits per heavy atom. The smallest absolute Gasteiger partial charge is 0.407 e. The number of alkyl carbamates (subject to hydrolysis) is 1. The Morgan fingerprint density at radius 1 is 1.28 bits per heavy atom. The Labute approximate surface area is 187 Å². The first-order valence-electron chi connectivity index (χ1n) is 9.02. The zero-order valence-corrected chi connectivity index (χ0v) is 18.2. The van der Waals surface area contributed by atoms with E-state index in [2.05, 4.69) is 15.4 Å². The third-order valence-electron chi connectivity index (χ3n) is 3.49. The van der Waals surface area contributed by atoms with E-state index in [1.54, 1.807) is 30.1 Å². The number of hydrogen-bond donors (Lipinski definition) is 2. The standard InChI is InChI=1S/C19H26N4O4S.Li/c1-19(2,3)27-18(26)20-8-11-28-10-5-9-23-13-14(12-21-23)15-6-4-7-16(22-15)17(24)25;/h4,6-7,12-13H,5,8-11H2,1-3H3,(H,20,26)(H,24,25);. The molecule has 2 aromatic rings. The van der Waals surface area contributed by atoms with Gasteiger partial charge in [0.05, 0.1) is 11.9 Å². The van der Waals surface area contributed by atoms with Gasteiger partial charge < -0.3 is 15.2 Å². The van der Waals surface area contributed by atoms with E-state index in [1.807, 2.05) is 31.6 Å². The van der Waals surface area contributed by atoms with Crippen LogP contribution in [0.15, 0.2) is 30.6 Å². The van der Waals surface area contributed by atoms with Gasteiger partial charge in [0.1, 0.15) is 11.3 Å². The number of ether oxygens (including phenoxy) is 1. The summed E-state index contributed by atoms with van der Waals surface area (Å²) >= 11 is 1.75. The second kappa shape index (κ2) is 11.9. The van der Waals surface area contributed by atoms with Crippen LogP contribution in [0.2, 0.25) is 0 Å². The molecule has 0 saturated heterocycles. The molecule has 0 bridgehead atoms. The topological polar surface area (TPSA) is 106 Å². The van der Waals surface area contributed by atoms with Crippen molar-refractivity contribution >= 4 is 42.7 Å². The van der Waals surface area contributed by atoms with Crippen LogP contribution in [0.1, 0.15) is 37.7 Å². The van der Waals surface area contributed by atoms with E-state index in [-0.39, 0.29) is 24.6 Å². The second-order valence-electron chi connectivity index (χ2n) is 7.10. The molecule has 2 N–H and O–H groups in total. The van der Waals surface area contributed by atoms with Gasteiger partial charge in [-0.2, -0.15) is 16.9 Å².